The summed E-state index contributed by atoms with van der Waals surface area (Å²) in [7, 11) is 0. The van der Waals surface area contributed by atoms with Crippen molar-refractivity contribution in [3.8, 4) is 11.4 Å². The lowest BCUT2D eigenvalue weighted by Gasteiger charge is -2.02. The van der Waals surface area contributed by atoms with E-state index in [-0.39, 0.29) is 5.69 Å². The molecule has 0 saturated heterocycles. The number of nitrogens with zero attached hydrogens (tertiary/aromatic N) is 2. The number of hydrogen-bond acceptors (Lipinski definition) is 4. The number of hydrogen-bond donors (Lipinski definition) is 1. The molecule has 0 aliphatic carbocycles. The SMILES string of the molecule is Cc1cc(=S)nc(-c2cccc([N+](=O)[O-])c2)[nH]1. The minimum Gasteiger partial charge on any atom is -0.343 e. The summed E-state index contributed by atoms with van der Waals surface area (Å²) in [6, 6.07) is 8.01. The predicted molar refractivity (Wildman–Crippen MR) is 66.2 cm³/mol. The van der Waals surface area contributed by atoms with Crippen LogP contribution in [0.3, 0.4) is 0 Å². The van der Waals surface area contributed by atoms with E-state index in [0.29, 0.717) is 16.0 Å². The third-order valence-electron chi connectivity index (χ3n) is 2.21. The zero-order valence-corrected chi connectivity index (χ0v) is 9.82. The molecule has 0 aliphatic rings. The Morgan fingerprint density at radius 2 is 2.18 bits per heavy atom. The molecule has 0 atom stereocenters. The van der Waals surface area contributed by atoms with Crippen LogP contribution in [0, 0.1) is 21.7 Å². The van der Waals surface area contributed by atoms with Gasteiger partial charge in [0, 0.05) is 23.4 Å². The van der Waals surface area contributed by atoms with E-state index in [4.69, 9.17) is 12.2 Å². The molecule has 0 unspecified atom stereocenters. The minimum atomic E-state index is -0.437. The predicted octanol–water partition coefficient (Wildman–Crippen LogP) is 3.02. The second-order valence-electron chi connectivity index (χ2n) is 3.56. The first kappa shape index (κ1) is 11.4. The van der Waals surface area contributed by atoms with Gasteiger partial charge < -0.3 is 4.98 Å². The minimum absolute atomic E-state index is 0.0325. The summed E-state index contributed by atoms with van der Waals surface area (Å²) in [6.45, 7) is 1.86. The van der Waals surface area contributed by atoms with Crippen LogP contribution in [-0.4, -0.2) is 14.9 Å². The number of nitro benzene ring substituents is 1. The second-order valence-corrected chi connectivity index (χ2v) is 3.98. The molecule has 2 rings (SSSR count). The summed E-state index contributed by atoms with van der Waals surface area (Å²) in [6.07, 6.45) is 0. The van der Waals surface area contributed by atoms with Gasteiger partial charge in [-0.2, -0.15) is 0 Å². The number of rotatable bonds is 2. The lowest BCUT2D eigenvalue weighted by atomic mass is 10.2. The maximum atomic E-state index is 10.7. The van der Waals surface area contributed by atoms with E-state index in [1.807, 2.05) is 6.92 Å². The van der Waals surface area contributed by atoms with Crippen molar-refractivity contribution in [1.82, 2.24) is 9.97 Å². The molecule has 0 radical (unpaired) electrons. The van der Waals surface area contributed by atoms with Crippen molar-refractivity contribution in [3.05, 3.63) is 50.8 Å². The monoisotopic (exact) mass is 247 g/mol. The van der Waals surface area contributed by atoms with Gasteiger partial charge in [-0.3, -0.25) is 10.1 Å². The van der Waals surface area contributed by atoms with E-state index in [1.54, 1.807) is 18.2 Å². The highest BCUT2D eigenvalue weighted by Crippen LogP contribution is 2.20. The van der Waals surface area contributed by atoms with E-state index >= 15 is 0 Å². The molecule has 6 heteroatoms. The van der Waals surface area contributed by atoms with E-state index in [2.05, 4.69) is 9.97 Å². The normalized spacial score (nSPS) is 10.2. The Hall–Kier alpha value is -2.08. The lowest BCUT2D eigenvalue weighted by Crippen LogP contribution is -1.93. The molecule has 1 aromatic carbocycles. The number of aromatic nitrogens is 2. The van der Waals surface area contributed by atoms with Crippen molar-refractivity contribution in [2.24, 2.45) is 0 Å². The topological polar surface area (TPSA) is 71.8 Å². The summed E-state index contributed by atoms with van der Waals surface area (Å²) in [4.78, 5) is 17.4. The van der Waals surface area contributed by atoms with Gasteiger partial charge in [0.15, 0.2) is 0 Å². The molecule has 1 aromatic heterocycles. The first-order valence-corrected chi connectivity index (χ1v) is 5.30. The molecule has 5 nitrogen and oxygen atoms in total. The van der Waals surface area contributed by atoms with Gasteiger partial charge in [-0.15, -0.1) is 0 Å². The average molecular weight is 247 g/mol. The number of benzene rings is 1. The fourth-order valence-corrected chi connectivity index (χ4v) is 1.75. The molecule has 1 N–H and O–H groups in total. The molecule has 0 bridgehead atoms. The highest BCUT2D eigenvalue weighted by molar-refractivity contribution is 7.71. The number of nitro groups is 1. The van der Waals surface area contributed by atoms with Crippen molar-refractivity contribution in [1.29, 1.82) is 0 Å². The highest BCUT2D eigenvalue weighted by atomic mass is 32.1. The molecule has 1 heterocycles. The molecule has 0 amide bonds. The lowest BCUT2D eigenvalue weighted by molar-refractivity contribution is -0.384. The van der Waals surface area contributed by atoms with Crippen molar-refractivity contribution in [3.63, 3.8) is 0 Å². The Balaban J connectivity index is 2.56. The molecule has 86 valence electrons. The number of non-ortho nitro benzene ring substituents is 1. The van der Waals surface area contributed by atoms with Crippen molar-refractivity contribution in [2.75, 3.05) is 0 Å². The molecule has 2 aromatic rings. The molecular formula is C11H9N3O2S. The van der Waals surface area contributed by atoms with Crippen LogP contribution in [0.2, 0.25) is 0 Å². The smallest absolute Gasteiger partial charge is 0.270 e. The fourth-order valence-electron chi connectivity index (χ4n) is 1.48. The number of aromatic amines is 1. The van der Waals surface area contributed by atoms with E-state index < -0.39 is 4.92 Å². The Bertz CT molecular complexity index is 637. The van der Waals surface area contributed by atoms with Gasteiger partial charge in [0.2, 0.25) is 0 Å². The Morgan fingerprint density at radius 3 is 2.82 bits per heavy atom. The van der Waals surface area contributed by atoms with Crippen LogP contribution >= 0.6 is 12.2 Å². The fraction of sp³-hybridized carbons (Fsp3) is 0.0909. The van der Waals surface area contributed by atoms with Crippen LogP contribution in [0.4, 0.5) is 5.69 Å². The summed E-state index contributed by atoms with van der Waals surface area (Å²) in [5.74, 6) is 0.540. The zero-order valence-electron chi connectivity index (χ0n) is 9.01. The summed E-state index contributed by atoms with van der Waals surface area (Å²) in [5, 5.41) is 10.7. The number of aryl methyl sites for hydroxylation is 1. The van der Waals surface area contributed by atoms with Gasteiger partial charge in [0.25, 0.3) is 5.69 Å². The molecular weight excluding hydrogens is 238 g/mol. The molecule has 0 saturated carbocycles. The van der Waals surface area contributed by atoms with E-state index in [0.717, 1.165) is 5.69 Å². The van der Waals surface area contributed by atoms with Gasteiger partial charge in [-0.05, 0) is 13.0 Å². The van der Waals surface area contributed by atoms with Crippen LogP contribution in [0.1, 0.15) is 5.69 Å². The van der Waals surface area contributed by atoms with Gasteiger partial charge in [0.05, 0.1) is 4.92 Å². The van der Waals surface area contributed by atoms with Gasteiger partial charge in [-0.25, -0.2) is 4.98 Å². The van der Waals surface area contributed by atoms with Crippen molar-refractivity contribution < 1.29 is 4.92 Å². The van der Waals surface area contributed by atoms with Crippen molar-refractivity contribution in [2.45, 2.75) is 6.92 Å². The van der Waals surface area contributed by atoms with Crippen LogP contribution in [-0.2, 0) is 0 Å². The Kier molecular flexibility index (Phi) is 2.97. The van der Waals surface area contributed by atoms with E-state index in [9.17, 15) is 10.1 Å². The standard InChI is InChI=1S/C11H9N3O2S/c1-7-5-10(17)13-11(12-7)8-3-2-4-9(6-8)14(15)16/h2-6H,1H3,(H,12,13,17). The first-order chi connectivity index (χ1) is 8.06. The number of nitrogens with one attached hydrogen (secondary N) is 1. The quantitative estimate of drug-likeness (QED) is 0.503. The van der Waals surface area contributed by atoms with Gasteiger partial charge in [0.1, 0.15) is 10.5 Å². The van der Waals surface area contributed by atoms with Crippen LogP contribution in [0.15, 0.2) is 30.3 Å². The molecule has 17 heavy (non-hydrogen) atoms. The Labute approximate surface area is 102 Å². The van der Waals surface area contributed by atoms with Crippen LogP contribution in [0.25, 0.3) is 11.4 Å². The van der Waals surface area contributed by atoms with Gasteiger partial charge in [-0.1, -0.05) is 24.4 Å². The largest absolute Gasteiger partial charge is 0.343 e. The second kappa shape index (κ2) is 4.42. The van der Waals surface area contributed by atoms with Crippen LogP contribution < -0.4 is 0 Å². The summed E-state index contributed by atoms with van der Waals surface area (Å²) in [5.41, 5.74) is 1.55. The summed E-state index contributed by atoms with van der Waals surface area (Å²) >= 11 is 5.01. The molecule has 0 fully saturated rings. The number of H-pyrrole nitrogens is 1. The maximum Gasteiger partial charge on any atom is 0.270 e. The average Bonchev–Trinajstić information content (AvgIpc) is 2.28. The first-order valence-electron chi connectivity index (χ1n) is 4.89. The maximum absolute atomic E-state index is 10.7. The molecule has 0 spiro atoms. The highest BCUT2D eigenvalue weighted by Gasteiger charge is 2.08. The zero-order chi connectivity index (χ0) is 12.4. The third-order valence-corrected chi connectivity index (χ3v) is 2.42. The van der Waals surface area contributed by atoms with Crippen molar-refractivity contribution >= 4 is 17.9 Å². The summed E-state index contributed by atoms with van der Waals surface area (Å²) < 4.78 is 0.461. The van der Waals surface area contributed by atoms with Crippen LogP contribution in [0.5, 0.6) is 0 Å². The third kappa shape index (κ3) is 2.54. The molecule has 0 aliphatic heterocycles. The Morgan fingerprint density at radius 1 is 1.41 bits per heavy atom. The van der Waals surface area contributed by atoms with Gasteiger partial charge >= 0.3 is 0 Å². The van der Waals surface area contributed by atoms with E-state index in [1.165, 1.54) is 12.1 Å².